The Morgan fingerprint density at radius 2 is 1.68 bits per heavy atom. The van der Waals surface area contributed by atoms with Crippen LogP contribution in [0.4, 0.5) is 23.7 Å². The summed E-state index contributed by atoms with van der Waals surface area (Å²) in [5.74, 6) is -0.487. The molecule has 0 bridgehead atoms. The van der Waals surface area contributed by atoms with Crippen LogP contribution in [0.25, 0.3) is 0 Å². The fourth-order valence-corrected chi connectivity index (χ4v) is 3.32. The van der Waals surface area contributed by atoms with Crippen molar-refractivity contribution in [2.24, 2.45) is 0 Å². The number of ether oxygens (including phenoxy) is 3. The van der Waals surface area contributed by atoms with Gasteiger partial charge in [-0.15, -0.1) is 0 Å². The van der Waals surface area contributed by atoms with Crippen molar-refractivity contribution in [2.45, 2.75) is 38.5 Å². The third-order valence-electron chi connectivity index (χ3n) is 5.18. The lowest BCUT2D eigenvalue weighted by Crippen LogP contribution is -2.40. The van der Waals surface area contributed by atoms with Gasteiger partial charge in [-0.3, -0.25) is 0 Å². The first-order valence-electron chi connectivity index (χ1n) is 12.0. The third kappa shape index (κ3) is 12.5. The molecule has 1 atom stereocenters. The highest BCUT2D eigenvalue weighted by molar-refractivity contribution is 5.89. The second-order valence-electron chi connectivity index (χ2n) is 8.09. The number of hydrogen-bond acceptors (Lipinski definition) is 5. The molecule has 0 saturated heterocycles. The number of carboxylic acids is 1. The van der Waals surface area contributed by atoms with Gasteiger partial charge in [0.1, 0.15) is 12.4 Å². The number of anilines is 1. The van der Waals surface area contributed by atoms with Crippen molar-refractivity contribution in [1.82, 2.24) is 4.90 Å². The largest absolute Gasteiger partial charge is 0.492 e. The van der Waals surface area contributed by atoms with Crippen LogP contribution in [0, 0.1) is 0 Å². The highest BCUT2D eigenvalue weighted by atomic mass is 19.4. The zero-order valence-electron chi connectivity index (χ0n) is 20.7. The van der Waals surface area contributed by atoms with Gasteiger partial charge in [-0.05, 0) is 43.2 Å². The normalized spacial score (nSPS) is 12.1. The van der Waals surface area contributed by atoms with Gasteiger partial charge in [0, 0.05) is 38.3 Å². The van der Waals surface area contributed by atoms with Crippen molar-refractivity contribution in [2.75, 3.05) is 44.8 Å². The first kappa shape index (κ1) is 29.9. The molecule has 1 unspecified atom stereocenters. The molecule has 2 aromatic carbocycles. The van der Waals surface area contributed by atoms with E-state index in [4.69, 9.17) is 14.2 Å². The van der Waals surface area contributed by atoms with Gasteiger partial charge in [-0.1, -0.05) is 30.3 Å². The van der Waals surface area contributed by atoms with Crippen molar-refractivity contribution in [3.8, 4) is 5.75 Å². The summed E-state index contributed by atoms with van der Waals surface area (Å²) in [6.45, 7) is 2.59. The number of urea groups is 1. The molecule has 0 fully saturated rings. The van der Waals surface area contributed by atoms with Gasteiger partial charge in [0.25, 0.3) is 0 Å². The van der Waals surface area contributed by atoms with Crippen LogP contribution in [0.15, 0.2) is 54.6 Å². The van der Waals surface area contributed by atoms with Crippen molar-refractivity contribution in [1.29, 1.82) is 0 Å². The molecule has 11 heteroatoms. The Morgan fingerprint density at radius 3 is 2.30 bits per heavy atom. The van der Waals surface area contributed by atoms with E-state index in [-0.39, 0.29) is 51.8 Å². The lowest BCUT2D eigenvalue weighted by atomic mass is 10.1. The molecule has 0 aliphatic heterocycles. The Bertz CT molecular complexity index is 942. The Morgan fingerprint density at radius 1 is 1.00 bits per heavy atom. The topological polar surface area (TPSA) is 97.3 Å². The molecule has 2 N–H and O–H groups in total. The van der Waals surface area contributed by atoms with E-state index >= 15 is 0 Å². The number of alkyl halides is 3. The van der Waals surface area contributed by atoms with E-state index in [1.54, 1.807) is 55.5 Å². The molecule has 37 heavy (non-hydrogen) atoms. The standard InChI is InChI=1S/C26H33F3N2O6/c1-2-36-23(24(32)33)19-20-9-11-22(12-10-20)37-18-15-31(14-17-35-16-6-13-26(27,28)29)25(34)30-21-7-4-3-5-8-21/h3-5,7-12,23H,2,6,13-19H2,1H3,(H,30,34)(H,32,33). The second-order valence-corrected chi connectivity index (χ2v) is 8.09. The molecule has 2 aromatic rings. The molecule has 2 rings (SSSR count). The fourth-order valence-electron chi connectivity index (χ4n) is 3.32. The number of para-hydroxylation sites is 1. The summed E-state index contributed by atoms with van der Waals surface area (Å²) < 4.78 is 53.1. The molecular weight excluding hydrogens is 493 g/mol. The molecule has 0 heterocycles. The molecule has 0 saturated carbocycles. The van der Waals surface area contributed by atoms with E-state index in [0.717, 1.165) is 5.56 Å². The second kappa shape index (κ2) is 15.7. The lowest BCUT2D eigenvalue weighted by molar-refractivity contribution is -0.150. The lowest BCUT2D eigenvalue weighted by Gasteiger charge is -2.23. The van der Waals surface area contributed by atoms with E-state index in [9.17, 15) is 27.9 Å². The van der Waals surface area contributed by atoms with Crippen LogP contribution >= 0.6 is 0 Å². The summed E-state index contributed by atoms with van der Waals surface area (Å²) in [7, 11) is 0. The zero-order chi connectivity index (χ0) is 27.1. The maximum Gasteiger partial charge on any atom is 0.389 e. The Labute approximate surface area is 214 Å². The van der Waals surface area contributed by atoms with Crippen molar-refractivity contribution < 1.29 is 42.1 Å². The number of carbonyl (C=O) groups excluding carboxylic acids is 1. The molecular formula is C26H33F3N2O6. The van der Waals surface area contributed by atoms with Crippen molar-refractivity contribution in [3.05, 3.63) is 60.2 Å². The summed E-state index contributed by atoms with van der Waals surface area (Å²) >= 11 is 0. The number of rotatable bonds is 16. The fraction of sp³-hybridized carbons (Fsp3) is 0.462. The van der Waals surface area contributed by atoms with E-state index in [0.29, 0.717) is 18.0 Å². The van der Waals surface area contributed by atoms with E-state index in [1.807, 2.05) is 6.07 Å². The first-order chi connectivity index (χ1) is 17.7. The highest BCUT2D eigenvalue weighted by Gasteiger charge is 2.26. The molecule has 0 aromatic heterocycles. The van der Waals surface area contributed by atoms with Crippen LogP contribution in [0.2, 0.25) is 0 Å². The minimum atomic E-state index is -4.22. The molecule has 0 aliphatic rings. The number of carboxylic acid groups (broad SMARTS) is 1. The predicted octanol–water partition coefficient (Wildman–Crippen LogP) is 4.99. The number of carbonyl (C=O) groups is 2. The van der Waals surface area contributed by atoms with E-state index < -0.39 is 24.7 Å². The number of aliphatic carboxylic acids is 1. The van der Waals surface area contributed by atoms with Crippen molar-refractivity contribution >= 4 is 17.7 Å². The molecule has 0 aliphatic carbocycles. The van der Waals surface area contributed by atoms with Gasteiger partial charge in [-0.25, -0.2) is 9.59 Å². The summed E-state index contributed by atoms with van der Waals surface area (Å²) in [6.07, 6.45) is -5.98. The van der Waals surface area contributed by atoms with Gasteiger partial charge < -0.3 is 29.5 Å². The average molecular weight is 527 g/mol. The molecule has 0 spiro atoms. The van der Waals surface area contributed by atoms with Gasteiger partial charge >= 0.3 is 18.2 Å². The summed E-state index contributed by atoms with van der Waals surface area (Å²) in [4.78, 5) is 25.5. The van der Waals surface area contributed by atoms with Crippen LogP contribution in [0.5, 0.6) is 5.75 Å². The number of halogens is 3. The van der Waals surface area contributed by atoms with Crippen LogP contribution in [0.1, 0.15) is 25.3 Å². The molecule has 0 radical (unpaired) electrons. The van der Waals surface area contributed by atoms with E-state index in [2.05, 4.69) is 5.32 Å². The van der Waals surface area contributed by atoms with Gasteiger partial charge in [-0.2, -0.15) is 13.2 Å². The van der Waals surface area contributed by atoms with Crippen LogP contribution in [0.3, 0.4) is 0 Å². The monoisotopic (exact) mass is 526 g/mol. The van der Waals surface area contributed by atoms with Crippen molar-refractivity contribution in [3.63, 3.8) is 0 Å². The summed E-state index contributed by atoms with van der Waals surface area (Å²) in [5.41, 5.74) is 1.38. The Balaban J connectivity index is 1.86. The molecule has 2 amide bonds. The number of amides is 2. The van der Waals surface area contributed by atoms with Gasteiger partial charge in [0.15, 0.2) is 6.10 Å². The zero-order valence-corrected chi connectivity index (χ0v) is 20.7. The Hall–Kier alpha value is -3.31. The minimum Gasteiger partial charge on any atom is -0.492 e. The first-order valence-corrected chi connectivity index (χ1v) is 12.0. The quantitative estimate of drug-likeness (QED) is 0.299. The van der Waals surface area contributed by atoms with Crippen LogP contribution in [-0.2, 0) is 20.7 Å². The number of hydrogen-bond donors (Lipinski definition) is 2. The minimum absolute atomic E-state index is 0.0530. The SMILES string of the molecule is CCOC(Cc1ccc(OCCN(CCOCCCC(F)(F)F)C(=O)Nc2ccccc2)cc1)C(=O)O. The Kier molecular flexibility index (Phi) is 12.7. The number of nitrogens with one attached hydrogen (secondary N) is 1. The number of nitrogens with zero attached hydrogens (tertiary/aromatic N) is 1. The van der Waals surface area contributed by atoms with E-state index in [1.165, 1.54) is 4.90 Å². The van der Waals surface area contributed by atoms with Gasteiger partial charge in [0.05, 0.1) is 13.2 Å². The smallest absolute Gasteiger partial charge is 0.389 e. The summed E-state index contributed by atoms with van der Waals surface area (Å²) in [6, 6.07) is 15.4. The highest BCUT2D eigenvalue weighted by Crippen LogP contribution is 2.21. The van der Waals surface area contributed by atoms with Gasteiger partial charge in [0.2, 0.25) is 0 Å². The average Bonchev–Trinajstić information content (AvgIpc) is 2.85. The summed E-state index contributed by atoms with van der Waals surface area (Å²) in [5, 5.41) is 12.0. The van der Waals surface area contributed by atoms with Crippen LogP contribution < -0.4 is 10.1 Å². The molecule has 204 valence electrons. The maximum absolute atomic E-state index is 12.8. The maximum atomic E-state index is 12.8. The predicted molar refractivity (Wildman–Crippen MR) is 132 cm³/mol. The van der Waals surface area contributed by atoms with Crippen LogP contribution in [-0.4, -0.2) is 73.8 Å². The molecule has 8 nitrogen and oxygen atoms in total. The third-order valence-corrected chi connectivity index (χ3v) is 5.18. The number of benzene rings is 2.